The van der Waals surface area contributed by atoms with Crippen LogP contribution >= 0.6 is 0 Å². The molecule has 1 aliphatic carbocycles. The van der Waals surface area contributed by atoms with Gasteiger partial charge in [0.2, 0.25) is 0 Å². The molecule has 2 heterocycles. The molecule has 2 N–H and O–H groups in total. The second-order valence-corrected chi connectivity index (χ2v) is 4.15. The zero-order valence-electron chi connectivity index (χ0n) is 9.09. The Morgan fingerprint density at radius 1 is 1.38 bits per heavy atom. The first-order valence-electron chi connectivity index (χ1n) is 5.37. The van der Waals surface area contributed by atoms with E-state index in [0.29, 0.717) is 11.7 Å². The minimum absolute atomic E-state index is 0.510. The van der Waals surface area contributed by atoms with Crippen molar-refractivity contribution < 1.29 is 0 Å². The molecule has 1 fully saturated rings. The highest BCUT2D eigenvalue weighted by Gasteiger charge is 2.27. The van der Waals surface area contributed by atoms with E-state index >= 15 is 0 Å². The smallest absolute Gasteiger partial charge is 0.134 e. The molecule has 16 heavy (non-hydrogen) atoms. The van der Waals surface area contributed by atoms with E-state index in [0.717, 1.165) is 17.2 Å². The molecule has 0 amide bonds. The first kappa shape index (κ1) is 9.33. The van der Waals surface area contributed by atoms with Crippen molar-refractivity contribution in [2.24, 2.45) is 7.05 Å². The average molecular weight is 215 g/mol. The highest BCUT2D eigenvalue weighted by atomic mass is 15.3. The van der Waals surface area contributed by atoms with E-state index < -0.39 is 0 Å². The number of nitrogen functional groups attached to an aromatic ring is 1. The molecule has 0 unspecified atom stereocenters. The summed E-state index contributed by atoms with van der Waals surface area (Å²) in [6.45, 7) is 0. The Bertz CT molecular complexity index is 527. The molecule has 0 bridgehead atoms. The van der Waals surface area contributed by atoms with Gasteiger partial charge in [-0.3, -0.25) is 4.68 Å². The lowest BCUT2D eigenvalue weighted by molar-refractivity contribution is 0.771. The van der Waals surface area contributed by atoms with Gasteiger partial charge in [-0.1, -0.05) is 0 Å². The molecule has 0 atom stereocenters. The summed E-state index contributed by atoms with van der Waals surface area (Å²) in [6, 6.07) is 3.72. The number of hydrogen-bond donors (Lipinski definition) is 1. The molecule has 0 saturated heterocycles. The first-order chi connectivity index (χ1) is 7.74. The lowest BCUT2D eigenvalue weighted by Gasteiger charge is -2.05. The molecule has 1 saturated carbocycles. The van der Waals surface area contributed by atoms with Gasteiger partial charge < -0.3 is 5.73 Å². The van der Waals surface area contributed by atoms with Gasteiger partial charge in [0, 0.05) is 25.2 Å². The van der Waals surface area contributed by atoms with Crippen molar-refractivity contribution in [3.05, 3.63) is 24.2 Å². The standard InChI is InChI=1S/C11H13N5/c1-16-9(4-5-13-16)8-6-10(12)15-11(14-8)7-2-3-7/h4-7H,2-3H2,1H3,(H2,12,14,15). The molecule has 5 nitrogen and oxygen atoms in total. The van der Waals surface area contributed by atoms with Crippen LogP contribution in [-0.4, -0.2) is 19.7 Å². The molecule has 5 heteroatoms. The predicted octanol–water partition coefficient (Wildman–Crippen LogP) is 1.34. The van der Waals surface area contributed by atoms with Crippen molar-refractivity contribution in [2.45, 2.75) is 18.8 Å². The molecule has 0 aliphatic heterocycles. The molecule has 2 aromatic heterocycles. The van der Waals surface area contributed by atoms with Crippen LogP contribution in [0, 0.1) is 0 Å². The van der Waals surface area contributed by atoms with Crippen molar-refractivity contribution >= 4 is 5.82 Å². The second-order valence-electron chi connectivity index (χ2n) is 4.15. The Hall–Kier alpha value is -1.91. The van der Waals surface area contributed by atoms with Crippen LogP contribution in [0.15, 0.2) is 18.3 Å². The maximum atomic E-state index is 5.80. The van der Waals surface area contributed by atoms with Crippen LogP contribution in [0.25, 0.3) is 11.4 Å². The van der Waals surface area contributed by atoms with Crippen molar-refractivity contribution in [1.29, 1.82) is 0 Å². The number of nitrogens with two attached hydrogens (primary N) is 1. The number of rotatable bonds is 2. The lowest BCUT2D eigenvalue weighted by atomic mass is 10.2. The van der Waals surface area contributed by atoms with E-state index in [9.17, 15) is 0 Å². The number of hydrogen-bond acceptors (Lipinski definition) is 4. The lowest BCUT2D eigenvalue weighted by Crippen LogP contribution is -2.02. The number of aryl methyl sites for hydroxylation is 1. The van der Waals surface area contributed by atoms with Crippen molar-refractivity contribution in [3.63, 3.8) is 0 Å². The minimum Gasteiger partial charge on any atom is -0.384 e. The largest absolute Gasteiger partial charge is 0.384 e. The Balaban J connectivity index is 2.10. The van der Waals surface area contributed by atoms with Crippen LogP contribution < -0.4 is 5.73 Å². The number of aromatic nitrogens is 4. The quantitative estimate of drug-likeness (QED) is 0.820. The average Bonchev–Trinajstić information content (AvgIpc) is 3.01. The SMILES string of the molecule is Cn1nccc1-c1cc(N)nc(C2CC2)n1. The maximum absolute atomic E-state index is 5.80. The van der Waals surface area contributed by atoms with Gasteiger partial charge in [0.05, 0.1) is 11.4 Å². The third kappa shape index (κ3) is 1.54. The van der Waals surface area contributed by atoms with E-state index in [1.807, 2.05) is 13.1 Å². The van der Waals surface area contributed by atoms with Gasteiger partial charge in [0.25, 0.3) is 0 Å². The molecular weight excluding hydrogens is 202 g/mol. The van der Waals surface area contributed by atoms with E-state index in [-0.39, 0.29) is 0 Å². The van der Waals surface area contributed by atoms with E-state index in [2.05, 4.69) is 15.1 Å². The van der Waals surface area contributed by atoms with E-state index in [1.54, 1.807) is 16.9 Å². The van der Waals surface area contributed by atoms with Gasteiger partial charge in [-0.15, -0.1) is 0 Å². The summed E-state index contributed by atoms with van der Waals surface area (Å²) >= 11 is 0. The molecular formula is C11H13N5. The molecule has 0 radical (unpaired) electrons. The van der Waals surface area contributed by atoms with Crippen LogP contribution in [0.3, 0.4) is 0 Å². The molecule has 1 aliphatic rings. The summed E-state index contributed by atoms with van der Waals surface area (Å²) in [7, 11) is 1.89. The molecule has 2 aromatic rings. The Labute approximate surface area is 93.3 Å². The molecule has 0 spiro atoms. The van der Waals surface area contributed by atoms with Gasteiger partial charge in [-0.05, 0) is 18.9 Å². The van der Waals surface area contributed by atoms with E-state index in [1.165, 1.54) is 12.8 Å². The van der Waals surface area contributed by atoms with Crippen LogP contribution in [0.5, 0.6) is 0 Å². The van der Waals surface area contributed by atoms with Crippen molar-refractivity contribution in [3.8, 4) is 11.4 Å². The summed E-state index contributed by atoms with van der Waals surface area (Å²) in [5.41, 5.74) is 7.62. The fourth-order valence-corrected chi connectivity index (χ4v) is 1.77. The summed E-state index contributed by atoms with van der Waals surface area (Å²) in [4.78, 5) is 8.82. The van der Waals surface area contributed by atoms with Gasteiger partial charge in [0.1, 0.15) is 11.6 Å². The summed E-state index contributed by atoms with van der Waals surface area (Å²) in [5.74, 6) is 1.92. The maximum Gasteiger partial charge on any atom is 0.134 e. The summed E-state index contributed by atoms with van der Waals surface area (Å²) in [6.07, 6.45) is 4.10. The van der Waals surface area contributed by atoms with Gasteiger partial charge in [-0.2, -0.15) is 5.10 Å². The topological polar surface area (TPSA) is 69.6 Å². The Morgan fingerprint density at radius 2 is 2.19 bits per heavy atom. The van der Waals surface area contributed by atoms with Crippen LogP contribution in [0.1, 0.15) is 24.6 Å². The van der Waals surface area contributed by atoms with Crippen molar-refractivity contribution in [2.75, 3.05) is 5.73 Å². The van der Waals surface area contributed by atoms with Gasteiger partial charge in [-0.25, -0.2) is 9.97 Å². The Morgan fingerprint density at radius 3 is 2.81 bits per heavy atom. The van der Waals surface area contributed by atoms with Crippen LogP contribution in [-0.2, 0) is 7.05 Å². The molecule has 0 aromatic carbocycles. The molecule has 3 rings (SSSR count). The third-order valence-electron chi connectivity index (χ3n) is 2.79. The van der Waals surface area contributed by atoms with Gasteiger partial charge >= 0.3 is 0 Å². The second kappa shape index (κ2) is 3.30. The number of nitrogens with zero attached hydrogens (tertiary/aromatic N) is 4. The highest BCUT2D eigenvalue weighted by molar-refractivity contribution is 5.57. The monoisotopic (exact) mass is 215 g/mol. The predicted molar refractivity (Wildman–Crippen MR) is 60.6 cm³/mol. The van der Waals surface area contributed by atoms with Crippen LogP contribution in [0.4, 0.5) is 5.82 Å². The third-order valence-corrected chi connectivity index (χ3v) is 2.79. The summed E-state index contributed by atoms with van der Waals surface area (Å²) < 4.78 is 1.79. The highest BCUT2D eigenvalue weighted by Crippen LogP contribution is 2.38. The first-order valence-corrected chi connectivity index (χ1v) is 5.37. The fraction of sp³-hybridized carbons (Fsp3) is 0.364. The zero-order chi connectivity index (χ0) is 11.1. The fourth-order valence-electron chi connectivity index (χ4n) is 1.77. The van der Waals surface area contributed by atoms with Crippen molar-refractivity contribution in [1.82, 2.24) is 19.7 Å². The normalized spacial score (nSPS) is 15.3. The summed E-state index contributed by atoms with van der Waals surface area (Å²) in [5, 5.41) is 4.13. The Kier molecular flexibility index (Phi) is 1.92. The zero-order valence-corrected chi connectivity index (χ0v) is 9.09. The number of anilines is 1. The van der Waals surface area contributed by atoms with Gasteiger partial charge in [0.15, 0.2) is 0 Å². The van der Waals surface area contributed by atoms with E-state index in [4.69, 9.17) is 5.73 Å². The minimum atomic E-state index is 0.510. The molecule has 82 valence electrons. The van der Waals surface area contributed by atoms with Crippen LogP contribution in [0.2, 0.25) is 0 Å².